The van der Waals surface area contributed by atoms with Crippen molar-refractivity contribution >= 4 is 23.2 Å². The summed E-state index contributed by atoms with van der Waals surface area (Å²) in [6.07, 6.45) is 0. The third-order valence-electron chi connectivity index (χ3n) is 2.24. The molecular formula is C10H12Cl2. The molecule has 1 aromatic rings. The second-order valence-corrected chi connectivity index (χ2v) is 3.45. The Morgan fingerprint density at radius 1 is 1.08 bits per heavy atom. The number of rotatable bonds is 2. The highest BCUT2D eigenvalue weighted by molar-refractivity contribution is 6.18. The van der Waals surface area contributed by atoms with Crippen LogP contribution >= 0.6 is 23.2 Å². The van der Waals surface area contributed by atoms with Crippen molar-refractivity contribution in [3.8, 4) is 0 Å². The lowest BCUT2D eigenvalue weighted by molar-refractivity contribution is 1.18. The van der Waals surface area contributed by atoms with E-state index in [-0.39, 0.29) is 0 Å². The molecule has 0 aliphatic carbocycles. The van der Waals surface area contributed by atoms with Crippen molar-refractivity contribution in [2.45, 2.75) is 25.6 Å². The highest BCUT2D eigenvalue weighted by atomic mass is 35.5. The van der Waals surface area contributed by atoms with Crippen molar-refractivity contribution < 1.29 is 0 Å². The maximum Gasteiger partial charge on any atom is 0.0479 e. The second kappa shape index (κ2) is 4.15. The van der Waals surface area contributed by atoms with Crippen molar-refractivity contribution in [2.75, 3.05) is 0 Å². The average Bonchev–Trinajstić information content (AvgIpc) is 2.09. The zero-order valence-corrected chi connectivity index (χ0v) is 8.84. The quantitative estimate of drug-likeness (QED) is 0.641. The maximum atomic E-state index is 5.83. The first-order chi connectivity index (χ1) is 5.70. The number of alkyl halides is 2. The molecule has 2 heteroatoms. The Hall–Kier alpha value is -0.200. The smallest absolute Gasteiger partial charge is 0.0479 e. The van der Waals surface area contributed by atoms with Crippen LogP contribution in [0.1, 0.15) is 22.3 Å². The van der Waals surface area contributed by atoms with Crippen LogP contribution in [0.4, 0.5) is 0 Å². The number of aryl methyl sites for hydroxylation is 1. The van der Waals surface area contributed by atoms with Gasteiger partial charge in [-0.05, 0) is 36.1 Å². The molecule has 12 heavy (non-hydrogen) atoms. The van der Waals surface area contributed by atoms with Crippen molar-refractivity contribution in [1.82, 2.24) is 0 Å². The molecule has 0 spiro atoms. The lowest BCUT2D eigenvalue weighted by Crippen LogP contribution is -1.94. The van der Waals surface area contributed by atoms with Crippen LogP contribution in [-0.2, 0) is 11.8 Å². The second-order valence-electron chi connectivity index (χ2n) is 2.91. The van der Waals surface area contributed by atoms with Gasteiger partial charge in [-0.2, -0.15) is 0 Å². The molecule has 0 radical (unpaired) electrons. The lowest BCUT2D eigenvalue weighted by atomic mass is 10.00. The monoisotopic (exact) mass is 202 g/mol. The van der Waals surface area contributed by atoms with Gasteiger partial charge in [0.25, 0.3) is 0 Å². The summed E-state index contributed by atoms with van der Waals surface area (Å²) in [6, 6.07) is 4.14. The van der Waals surface area contributed by atoms with E-state index in [9.17, 15) is 0 Å². The van der Waals surface area contributed by atoms with Gasteiger partial charge in [0.05, 0.1) is 0 Å². The Morgan fingerprint density at radius 2 is 1.75 bits per heavy atom. The predicted molar refractivity (Wildman–Crippen MR) is 55.0 cm³/mol. The molecule has 1 aromatic carbocycles. The van der Waals surface area contributed by atoms with Crippen LogP contribution in [0, 0.1) is 13.8 Å². The largest absolute Gasteiger partial charge is 0.122 e. The number of hydrogen-bond acceptors (Lipinski definition) is 0. The summed E-state index contributed by atoms with van der Waals surface area (Å²) in [5.41, 5.74) is 4.88. The summed E-state index contributed by atoms with van der Waals surface area (Å²) in [4.78, 5) is 0. The summed E-state index contributed by atoms with van der Waals surface area (Å²) < 4.78 is 0. The van der Waals surface area contributed by atoms with E-state index >= 15 is 0 Å². The van der Waals surface area contributed by atoms with Crippen LogP contribution in [0.3, 0.4) is 0 Å². The topological polar surface area (TPSA) is 0 Å². The fourth-order valence-electron chi connectivity index (χ4n) is 1.24. The standard InChI is InChI=1S/C10H12Cl2/c1-7-3-4-9(5-11)10(6-12)8(7)2/h3-4H,5-6H2,1-2H3. The van der Waals surface area contributed by atoms with Crippen LogP contribution in [0.5, 0.6) is 0 Å². The van der Waals surface area contributed by atoms with E-state index in [4.69, 9.17) is 23.2 Å². The molecule has 0 heterocycles. The van der Waals surface area contributed by atoms with E-state index in [1.165, 1.54) is 16.7 Å². The zero-order valence-electron chi connectivity index (χ0n) is 7.32. The predicted octanol–water partition coefficient (Wildman–Crippen LogP) is 3.78. The van der Waals surface area contributed by atoms with E-state index in [0.29, 0.717) is 11.8 Å². The minimum absolute atomic E-state index is 0.545. The van der Waals surface area contributed by atoms with Gasteiger partial charge in [0, 0.05) is 11.8 Å². The highest BCUT2D eigenvalue weighted by Gasteiger charge is 2.05. The number of halogens is 2. The summed E-state index contributed by atoms with van der Waals surface area (Å²) in [7, 11) is 0. The van der Waals surface area contributed by atoms with Gasteiger partial charge in [0.1, 0.15) is 0 Å². The van der Waals surface area contributed by atoms with E-state index in [2.05, 4.69) is 19.9 Å². The molecular weight excluding hydrogens is 191 g/mol. The molecule has 0 fully saturated rings. The molecule has 0 unspecified atom stereocenters. The molecule has 0 bridgehead atoms. The molecule has 0 amide bonds. The van der Waals surface area contributed by atoms with Crippen molar-refractivity contribution in [3.63, 3.8) is 0 Å². The SMILES string of the molecule is Cc1ccc(CCl)c(CCl)c1C. The van der Waals surface area contributed by atoms with Gasteiger partial charge < -0.3 is 0 Å². The van der Waals surface area contributed by atoms with Crippen LogP contribution in [0.2, 0.25) is 0 Å². The van der Waals surface area contributed by atoms with Gasteiger partial charge in [-0.25, -0.2) is 0 Å². The van der Waals surface area contributed by atoms with Crippen molar-refractivity contribution in [1.29, 1.82) is 0 Å². The van der Waals surface area contributed by atoms with E-state index < -0.39 is 0 Å². The molecule has 0 atom stereocenters. The Kier molecular flexibility index (Phi) is 3.42. The first-order valence-electron chi connectivity index (χ1n) is 3.90. The minimum Gasteiger partial charge on any atom is -0.122 e. The minimum atomic E-state index is 0.545. The molecule has 0 aliphatic rings. The fourth-order valence-corrected chi connectivity index (χ4v) is 1.86. The van der Waals surface area contributed by atoms with E-state index in [0.717, 1.165) is 5.56 Å². The number of benzene rings is 1. The third kappa shape index (κ3) is 1.75. The summed E-state index contributed by atoms with van der Waals surface area (Å²) in [5, 5.41) is 0. The normalized spacial score (nSPS) is 10.3. The van der Waals surface area contributed by atoms with Gasteiger partial charge in [0.15, 0.2) is 0 Å². The maximum absolute atomic E-state index is 5.83. The Balaban J connectivity index is 3.25. The molecule has 0 aromatic heterocycles. The number of hydrogen-bond donors (Lipinski definition) is 0. The Morgan fingerprint density at radius 3 is 2.25 bits per heavy atom. The molecule has 0 saturated heterocycles. The van der Waals surface area contributed by atoms with Crippen LogP contribution in [0.25, 0.3) is 0 Å². The lowest BCUT2D eigenvalue weighted by Gasteiger charge is -2.09. The van der Waals surface area contributed by atoms with E-state index in [1.54, 1.807) is 0 Å². The molecule has 0 nitrogen and oxygen atoms in total. The highest BCUT2D eigenvalue weighted by Crippen LogP contribution is 2.21. The van der Waals surface area contributed by atoms with Crippen LogP contribution < -0.4 is 0 Å². The van der Waals surface area contributed by atoms with Gasteiger partial charge in [0.2, 0.25) is 0 Å². The van der Waals surface area contributed by atoms with Crippen LogP contribution in [0.15, 0.2) is 12.1 Å². The van der Waals surface area contributed by atoms with Gasteiger partial charge in [-0.1, -0.05) is 12.1 Å². The zero-order chi connectivity index (χ0) is 9.14. The molecule has 0 aliphatic heterocycles. The van der Waals surface area contributed by atoms with Crippen molar-refractivity contribution in [3.05, 3.63) is 34.4 Å². The summed E-state index contributed by atoms with van der Waals surface area (Å²) in [5.74, 6) is 1.10. The third-order valence-corrected chi connectivity index (χ3v) is 2.80. The molecule has 66 valence electrons. The van der Waals surface area contributed by atoms with Gasteiger partial charge >= 0.3 is 0 Å². The Labute approximate surface area is 83.5 Å². The average molecular weight is 203 g/mol. The molecule has 1 rings (SSSR count). The van der Waals surface area contributed by atoms with Crippen LogP contribution in [-0.4, -0.2) is 0 Å². The van der Waals surface area contributed by atoms with Gasteiger partial charge in [-0.15, -0.1) is 23.2 Å². The summed E-state index contributed by atoms with van der Waals surface area (Å²) in [6.45, 7) is 4.17. The molecule has 0 saturated carbocycles. The molecule has 0 N–H and O–H groups in total. The summed E-state index contributed by atoms with van der Waals surface area (Å²) >= 11 is 11.6. The van der Waals surface area contributed by atoms with E-state index in [1.807, 2.05) is 6.07 Å². The first kappa shape index (κ1) is 9.88. The van der Waals surface area contributed by atoms with Crippen molar-refractivity contribution in [2.24, 2.45) is 0 Å². The Bertz CT molecular complexity index is 279. The fraction of sp³-hybridized carbons (Fsp3) is 0.400. The van der Waals surface area contributed by atoms with Gasteiger partial charge in [-0.3, -0.25) is 0 Å². The first-order valence-corrected chi connectivity index (χ1v) is 4.97.